The molecule has 0 bridgehead atoms. The van der Waals surface area contributed by atoms with Crippen LogP contribution in [-0.2, 0) is 30.9 Å². The van der Waals surface area contributed by atoms with Gasteiger partial charge in [-0.2, -0.15) is 18.3 Å². The van der Waals surface area contributed by atoms with Crippen LogP contribution in [0.25, 0.3) is 0 Å². The summed E-state index contributed by atoms with van der Waals surface area (Å²) in [5, 5.41) is 4.59. The second kappa shape index (κ2) is 9.70. The van der Waals surface area contributed by atoms with Crippen molar-refractivity contribution in [3.05, 3.63) is 77.4 Å². The van der Waals surface area contributed by atoms with E-state index in [2.05, 4.69) is 15.0 Å². The zero-order chi connectivity index (χ0) is 22.6. The first kappa shape index (κ1) is 22.3. The number of nitrogens with zero attached hydrogens (tertiary/aromatic N) is 4. The van der Waals surface area contributed by atoms with Crippen LogP contribution in [0.2, 0.25) is 0 Å². The normalized spacial score (nSPS) is 17.4. The van der Waals surface area contributed by atoms with E-state index in [1.165, 1.54) is 12.1 Å². The summed E-state index contributed by atoms with van der Waals surface area (Å²) in [6.07, 6.45) is -2.22. The van der Waals surface area contributed by atoms with Crippen LogP contribution in [0.3, 0.4) is 0 Å². The largest absolute Gasteiger partial charge is 0.493 e. The maximum atomic E-state index is 12.9. The third-order valence-electron chi connectivity index (χ3n) is 5.38. The Hall–Kier alpha value is -2.91. The molecule has 1 aromatic carbocycles. The van der Waals surface area contributed by atoms with Crippen LogP contribution in [0.1, 0.15) is 28.7 Å². The topological polar surface area (TPSA) is 52.4 Å². The van der Waals surface area contributed by atoms with Gasteiger partial charge in [0.05, 0.1) is 30.2 Å². The molecule has 0 N–H and O–H groups in total. The predicted octanol–water partition coefficient (Wildman–Crippen LogP) is 4.03. The van der Waals surface area contributed by atoms with E-state index in [9.17, 15) is 13.2 Å². The average molecular weight is 446 g/mol. The second-order valence-electron chi connectivity index (χ2n) is 7.72. The lowest BCUT2D eigenvalue weighted by atomic mass is 10.1. The monoisotopic (exact) mass is 446 g/mol. The van der Waals surface area contributed by atoms with E-state index in [4.69, 9.17) is 9.47 Å². The van der Waals surface area contributed by atoms with Crippen molar-refractivity contribution in [1.82, 2.24) is 19.7 Å². The molecule has 0 radical (unpaired) electrons. The Morgan fingerprint density at radius 2 is 2.03 bits per heavy atom. The Labute approximate surface area is 184 Å². The minimum atomic E-state index is -4.39. The smallest absolute Gasteiger partial charge is 0.416 e. The van der Waals surface area contributed by atoms with E-state index in [-0.39, 0.29) is 18.5 Å². The van der Waals surface area contributed by atoms with Crippen molar-refractivity contribution in [3.8, 4) is 5.75 Å². The van der Waals surface area contributed by atoms with Gasteiger partial charge in [-0.25, -0.2) is 0 Å². The number of pyridine rings is 1. The van der Waals surface area contributed by atoms with Crippen molar-refractivity contribution < 1.29 is 22.6 Å². The molecule has 4 rings (SSSR count). The van der Waals surface area contributed by atoms with Gasteiger partial charge < -0.3 is 9.47 Å². The Morgan fingerprint density at radius 1 is 1.16 bits per heavy atom. The molecular weight excluding hydrogens is 421 g/mol. The lowest BCUT2D eigenvalue weighted by Gasteiger charge is -2.31. The molecule has 1 aliphatic rings. The van der Waals surface area contributed by atoms with Crippen LogP contribution >= 0.6 is 0 Å². The average Bonchev–Trinajstić information content (AvgIpc) is 3.15. The number of aromatic nitrogens is 3. The van der Waals surface area contributed by atoms with Crippen molar-refractivity contribution >= 4 is 0 Å². The molecule has 2 aromatic heterocycles. The highest BCUT2D eigenvalue weighted by molar-refractivity contribution is 5.30. The third-order valence-corrected chi connectivity index (χ3v) is 5.38. The molecular formula is C23H25F3N4O2. The highest BCUT2D eigenvalue weighted by atomic mass is 19.4. The SMILES string of the molecule is Cn1nc([C@H]2CN(Cc3ccccn3)CCO2)cc1CCOc1cccc(C(F)(F)F)c1. The van der Waals surface area contributed by atoms with E-state index in [1.807, 2.05) is 31.3 Å². The Balaban J connectivity index is 1.33. The quantitative estimate of drug-likeness (QED) is 0.549. The molecule has 0 amide bonds. The van der Waals surface area contributed by atoms with E-state index < -0.39 is 11.7 Å². The highest BCUT2D eigenvalue weighted by Crippen LogP contribution is 2.31. The van der Waals surface area contributed by atoms with Crippen molar-refractivity contribution in [2.45, 2.75) is 25.2 Å². The van der Waals surface area contributed by atoms with E-state index >= 15 is 0 Å². The van der Waals surface area contributed by atoms with E-state index in [0.29, 0.717) is 19.6 Å². The summed E-state index contributed by atoms with van der Waals surface area (Å²) in [4.78, 5) is 6.68. The van der Waals surface area contributed by atoms with Gasteiger partial charge in [0.1, 0.15) is 11.9 Å². The number of aryl methyl sites for hydroxylation is 1. The molecule has 170 valence electrons. The first-order valence-corrected chi connectivity index (χ1v) is 10.5. The standard InChI is InChI=1S/C23H25F3N4O2/c1-29-19(8-11-31-20-7-4-5-17(13-20)23(24,25)26)14-21(28-29)22-16-30(10-12-32-22)15-18-6-2-3-9-27-18/h2-7,9,13-14,22H,8,10-12,15-16H2,1H3/t22-/m1/s1. The molecule has 6 nitrogen and oxygen atoms in total. The molecule has 0 unspecified atom stereocenters. The minimum Gasteiger partial charge on any atom is -0.493 e. The predicted molar refractivity (Wildman–Crippen MR) is 112 cm³/mol. The third kappa shape index (κ3) is 5.66. The molecule has 9 heteroatoms. The number of hydrogen-bond donors (Lipinski definition) is 0. The minimum absolute atomic E-state index is 0.142. The second-order valence-corrected chi connectivity index (χ2v) is 7.72. The molecule has 1 aliphatic heterocycles. The van der Waals surface area contributed by atoms with Crippen LogP contribution in [-0.4, -0.2) is 46.0 Å². The molecule has 0 spiro atoms. The van der Waals surface area contributed by atoms with E-state index in [1.54, 1.807) is 10.9 Å². The number of rotatable bonds is 7. The lowest BCUT2D eigenvalue weighted by molar-refractivity contribution is -0.137. The first-order chi connectivity index (χ1) is 15.4. The number of hydrogen-bond acceptors (Lipinski definition) is 5. The summed E-state index contributed by atoms with van der Waals surface area (Å²) in [7, 11) is 1.84. The fourth-order valence-electron chi connectivity index (χ4n) is 3.70. The molecule has 1 fully saturated rings. The van der Waals surface area contributed by atoms with Crippen molar-refractivity contribution in [2.75, 3.05) is 26.3 Å². The summed E-state index contributed by atoms with van der Waals surface area (Å²) in [5.41, 5.74) is 2.06. The summed E-state index contributed by atoms with van der Waals surface area (Å²) in [6.45, 7) is 3.16. The summed E-state index contributed by atoms with van der Waals surface area (Å²) in [5.74, 6) is 0.197. The zero-order valence-electron chi connectivity index (χ0n) is 17.8. The van der Waals surface area contributed by atoms with Crippen molar-refractivity contribution in [3.63, 3.8) is 0 Å². The van der Waals surface area contributed by atoms with Gasteiger partial charge in [-0.05, 0) is 36.4 Å². The van der Waals surface area contributed by atoms with Gasteiger partial charge >= 0.3 is 6.18 Å². The first-order valence-electron chi connectivity index (χ1n) is 10.5. The van der Waals surface area contributed by atoms with Crippen LogP contribution in [0.5, 0.6) is 5.75 Å². The number of ether oxygens (including phenoxy) is 2. The lowest BCUT2D eigenvalue weighted by Crippen LogP contribution is -2.38. The van der Waals surface area contributed by atoms with Gasteiger partial charge in [0.2, 0.25) is 0 Å². The molecule has 0 aliphatic carbocycles. The fraction of sp³-hybridized carbons (Fsp3) is 0.391. The van der Waals surface area contributed by atoms with Crippen molar-refractivity contribution in [1.29, 1.82) is 0 Å². The molecule has 32 heavy (non-hydrogen) atoms. The van der Waals surface area contributed by atoms with Crippen LogP contribution in [0.4, 0.5) is 13.2 Å². The Morgan fingerprint density at radius 3 is 2.81 bits per heavy atom. The number of halogens is 3. The highest BCUT2D eigenvalue weighted by Gasteiger charge is 2.30. The van der Waals surface area contributed by atoms with Gasteiger partial charge in [-0.3, -0.25) is 14.6 Å². The number of morpholine rings is 1. The summed E-state index contributed by atoms with van der Waals surface area (Å²) >= 11 is 0. The molecule has 0 saturated carbocycles. The van der Waals surface area contributed by atoms with Crippen LogP contribution < -0.4 is 4.74 Å². The fourth-order valence-corrected chi connectivity index (χ4v) is 3.70. The molecule has 1 saturated heterocycles. The Kier molecular flexibility index (Phi) is 6.76. The Bertz CT molecular complexity index is 1020. The van der Waals surface area contributed by atoms with Gasteiger partial charge in [-0.1, -0.05) is 12.1 Å². The number of benzene rings is 1. The van der Waals surface area contributed by atoms with Gasteiger partial charge in [0.15, 0.2) is 0 Å². The molecule has 1 atom stereocenters. The number of alkyl halides is 3. The van der Waals surface area contributed by atoms with E-state index in [0.717, 1.165) is 42.3 Å². The van der Waals surface area contributed by atoms with Crippen molar-refractivity contribution in [2.24, 2.45) is 7.05 Å². The van der Waals surface area contributed by atoms with Gasteiger partial charge in [0.25, 0.3) is 0 Å². The zero-order valence-corrected chi connectivity index (χ0v) is 17.8. The maximum Gasteiger partial charge on any atom is 0.416 e. The van der Waals surface area contributed by atoms with Gasteiger partial charge in [0, 0.05) is 45.0 Å². The molecule has 3 aromatic rings. The summed E-state index contributed by atoms with van der Waals surface area (Å²) in [6, 6.07) is 12.8. The van der Waals surface area contributed by atoms with Crippen LogP contribution in [0.15, 0.2) is 54.7 Å². The van der Waals surface area contributed by atoms with Gasteiger partial charge in [-0.15, -0.1) is 0 Å². The molecule has 3 heterocycles. The summed E-state index contributed by atoms with van der Waals surface area (Å²) < 4.78 is 51.8. The maximum absolute atomic E-state index is 12.9. The van der Waals surface area contributed by atoms with Crippen LogP contribution in [0, 0.1) is 0 Å².